The van der Waals surface area contributed by atoms with Crippen LogP contribution in [0.5, 0.6) is 0 Å². The fraction of sp³-hybridized carbons (Fsp3) is 0.222. The van der Waals surface area contributed by atoms with E-state index in [2.05, 4.69) is 25.7 Å². The number of anilines is 3. The van der Waals surface area contributed by atoms with Crippen LogP contribution in [0.1, 0.15) is 6.42 Å². The number of alkyl halides is 2. The zero-order chi connectivity index (χ0) is 19.0. The summed E-state index contributed by atoms with van der Waals surface area (Å²) < 4.78 is 27.6. The lowest BCUT2D eigenvalue weighted by Crippen LogP contribution is -2.17. The summed E-state index contributed by atoms with van der Waals surface area (Å²) in [6.45, 7) is 0. The van der Waals surface area contributed by atoms with Crippen molar-refractivity contribution in [2.24, 2.45) is 13.0 Å². The Labute approximate surface area is 153 Å². The highest BCUT2D eigenvalue weighted by Gasteiger charge is 2.61. The number of hydrogen-bond donors (Lipinski definition) is 2. The van der Waals surface area contributed by atoms with Crippen molar-refractivity contribution in [3.8, 4) is 11.3 Å². The van der Waals surface area contributed by atoms with E-state index in [-0.39, 0.29) is 6.42 Å². The van der Waals surface area contributed by atoms with Crippen LogP contribution in [0.15, 0.2) is 48.9 Å². The first-order chi connectivity index (χ1) is 12.9. The van der Waals surface area contributed by atoms with Crippen LogP contribution in [0.3, 0.4) is 0 Å². The van der Waals surface area contributed by atoms with E-state index < -0.39 is 17.7 Å². The molecule has 27 heavy (non-hydrogen) atoms. The Morgan fingerprint density at radius 3 is 2.59 bits per heavy atom. The molecule has 0 aliphatic heterocycles. The molecule has 2 aromatic heterocycles. The van der Waals surface area contributed by atoms with Crippen LogP contribution in [0, 0.1) is 5.92 Å². The molecule has 9 heteroatoms. The van der Waals surface area contributed by atoms with Crippen LogP contribution in [-0.2, 0) is 11.8 Å². The maximum absolute atomic E-state index is 12.9. The molecule has 7 nitrogen and oxygen atoms in total. The third-order valence-corrected chi connectivity index (χ3v) is 4.21. The number of carbonyl (C=O) groups excluding carboxylic acids is 1. The second kappa shape index (κ2) is 6.42. The van der Waals surface area contributed by atoms with Crippen molar-refractivity contribution in [1.29, 1.82) is 0 Å². The predicted octanol–water partition coefficient (Wildman–Crippen LogP) is 3.21. The van der Waals surface area contributed by atoms with E-state index in [1.165, 1.54) is 0 Å². The molecule has 1 aliphatic carbocycles. The molecular weight excluding hydrogens is 354 g/mol. The van der Waals surface area contributed by atoms with Gasteiger partial charge in [0.2, 0.25) is 11.9 Å². The Morgan fingerprint density at radius 1 is 1.22 bits per heavy atom. The van der Waals surface area contributed by atoms with Crippen molar-refractivity contribution in [3.63, 3.8) is 0 Å². The first-order valence-corrected chi connectivity index (χ1v) is 8.28. The fourth-order valence-electron chi connectivity index (χ4n) is 2.65. The average Bonchev–Trinajstić information content (AvgIpc) is 3.10. The van der Waals surface area contributed by atoms with Crippen molar-refractivity contribution in [1.82, 2.24) is 19.7 Å². The molecule has 0 radical (unpaired) electrons. The minimum Gasteiger partial charge on any atom is -0.326 e. The molecule has 1 aliphatic rings. The number of aromatic nitrogens is 4. The number of aryl methyl sites for hydroxylation is 1. The molecule has 1 fully saturated rings. The molecule has 1 saturated carbocycles. The summed E-state index contributed by atoms with van der Waals surface area (Å²) in [6, 6.07) is 8.59. The maximum atomic E-state index is 12.9. The Balaban J connectivity index is 1.45. The highest BCUT2D eigenvalue weighted by Crippen LogP contribution is 2.49. The third-order valence-electron chi connectivity index (χ3n) is 4.21. The SMILES string of the molecule is Cn1cc(Nc2nccc(-c3ccc(NC(=O)C4CC4(F)F)cc3)n2)cn1. The highest BCUT2D eigenvalue weighted by molar-refractivity contribution is 5.95. The summed E-state index contributed by atoms with van der Waals surface area (Å²) in [7, 11) is 1.81. The monoisotopic (exact) mass is 370 g/mol. The van der Waals surface area contributed by atoms with Gasteiger partial charge in [0, 0.05) is 37.1 Å². The molecule has 2 heterocycles. The Bertz CT molecular complexity index is 986. The van der Waals surface area contributed by atoms with Crippen LogP contribution in [-0.4, -0.2) is 31.6 Å². The van der Waals surface area contributed by atoms with Gasteiger partial charge in [-0.15, -0.1) is 0 Å². The van der Waals surface area contributed by atoms with Gasteiger partial charge in [0.1, 0.15) is 5.92 Å². The molecule has 0 spiro atoms. The largest absolute Gasteiger partial charge is 0.326 e. The third kappa shape index (κ3) is 3.76. The van der Waals surface area contributed by atoms with E-state index in [0.29, 0.717) is 17.3 Å². The predicted molar refractivity (Wildman–Crippen MR) is 95.6 cm³/mol. The summed E-state index contributed by atoms with van der Waals surface area (Å²) in [5.74, 6) is -4.32. The number of nitrogens with zero attached hydrogens (tertiary/aromatic N) is 4. The summed E-state index contributed by atoms with van der Waals surface area (Å²) >= 11 is 0. The molecule has 0 saturated heterocycles. The number of halogens is 2. The van der Waals surface area contributed by atoms with Crippen molar-refractivity contribution < 1.29 is 13.6 Å². The molecular formula is C18H16F2N6O. The number of benzene rings is 1. The van der Waals surface area contributed by atoms with Gasteiger partial charge in [-0.3, -0.25) is 9.48 Å². The van der Waals surface area contributed by atoms with E-state index in [1.807, 2.05) is 7.05 Å². The molecule has 1 aromatic carbocycles. The van der Waals surface area contributed by atoms with Crippen LogP contribution in [0.4, 0.5) is 26.1 Å². The van der Waals surface area contributed by atoms with E-state index in [4.69, 9.17) is 0 Å². The van der Waals surface area contributed by atoms with Gasteiger partial charge in [-0.05, 0) is 18.2 Å². The Kier molecular flexibility index (Phi) is 4.06. The summed E-state index contributed by atoms with van der Waals surface area (Å²) in [6.07, 6.45) is 4.71. The summed E-state index contributed by atoms with van der Waals surface area (Å²) in [5, 5.41) is 9.65. The van der Waals surface area contributed by atoms with Gasteiger partial charge in [0.25, 0.3) is 5.92 Å². The number of amides is 1. The molecule has 0 bridgehead atoms. The standard InChI is InChI=1S/C18H16F2N6O/c1-26-10-13(9-22-26)24-17-21-7-6-15(25-17)11-2-4-12(5-3-11)23-16(27)14-8-18(14,19)20/h2-7,9-10,14H,8H2,1H3,(H,23,27)(H,21,24,25). The second-order valence-electron chi connectivity index (χ2n) is 6.38. The van der Waals surface area contributed by atoms with Gasteiger partial charge in [-0.1, -0.05) is 12.1 Å². The van der Waals surface area contributed by atoms with Crippen LogP contribution < -0.4 is 10.6 Å². The number of rotatable bonds is 5. The van der Waals surface area contributed by atoms with Gasteiger partial charge in [-0.25, -0.2) is 18.7 Å². The lowest BCUT2D eigenvalue weighted by Gasteiger charge is -2.07. The van der Waals surface area contributed by atoms with Crippen LogP contribution >= 0.6 is 0 Å². The van der Waals surface area contributed by atoms with Gasteiger partial charge in [-0.2, -0.15) is 5.10 Å². The normalized spacial score (nSPS) is 17.4. The average molecular weight is 370 g/mol. The smallest absolute Gasteiger partial charge is 0.260 e. The van der Waals surface area contributed by atoms with Crippen molar-refractivity contribution in [3.05, 3.63) is 48.9 Å². The molecule has 1 amide bonds. The Hall–Kier alpha value is -3.36. The summed E-state index contributed by atoms with van der Waals surface area (Å²) in [4.78, 5) is 20.4. The quantitative estimate of drug-likeness (QED) is 0.720. The zero-order valence-electron chi connectivity index (χ0n) is 14.4. The summed E-state index contributed by atoms with van der Waals surface area (Å²) in [5.41, 5.74) is 2.73. The van der Waals surface area contributed by atoms with Crippen LogP contribution in [0.2, 0.25) is 0 Å². The van der Waals surface area contributed by atoms with Gasteiger partial charge < -0.3 is 10.6 Å². The highest BCUT2D eigenvalue weighted by atomic mass is 19.3. The maximum Gasteiger partial charge on any atom is 0.260 e. The molecule has 1 atom stereocenters. The zero-order valence-corrected chi connectivity index (χ0v) is 14.4. The Morgan fingerprint density at radius 2 is 1.96 bits per heavy atom. The van der Waals surface area contributed by atoms with Gasteiger partial charge in [0.05, 0.1) is 17.6 Å². The van der Waals surface area contributed by atoms with Crippen molar-refractivity contribution in [2.45, 2.75) is 12.3 Å². The fourth-order valence-corrected chi connectivity index (χ4v) is 2.65. The first kappa shape index (κ1) is 17.1. The van der Waals surface area contributed by atoms with E-state index >= 15 is 0 Å². The van der Waals surface area contributed by atoms with E-state index in [1.54, 1.807) is 53.6 Å². The topological polar surface area (TPSA) is 84.7 Å². The molecule has 138 valence electrons. The first-order valence-electron chi connectivity index (χ1n) is 8.28. The van der Waals surface area contributed by atoms with Crippen molar-refractivity contribution in [2.75, 3.05) is 10.6 Å². The molecule has 1 unspecified atom stereocenters. The minimum absolute atomic E-state index is 0.384. The van der Waals surface area contributed by atoms with E-state index in [9.17, 15) is 13.6 Å². The second-order valence-corrected chi connectivity index (χ2v) is 6.38. The number of carbonyl (C=O) groups is 1. The van der Waals surface area contributed by atoms with Crippen molar-refractivity contribution >= 4 is 23.2 Å². The lowest BCUT2D eigenvalue weighted by molar-refractivity contribution is -0.119. The minimum atomic E-state index is -2.87. The van der Waals surface area contributed by atoms with Gasteiger partial charge in [0.15, 0.2) is 0 Å². The van der Waals surface area contributed by atoms with E-state index in [0.717, 1.165) is 11.3 Å². The lowest BCUT2D eigenvalue weighted by atomic mass is 10.1. The van der Waals surface area contributed by atoms with Crippen LogP contribution in [0.25, 0.3) is 11.3 Å². The molecule has 4 rings (SSSR count). The van der Waals surface area contributed by atoms with Gasteiger partial charge >= 0.3 is 0 Å². The number of hydrogen-bond acceptors (Lipinski definition) is 5. The molecule has 2 N–H and O–H groups in total. The number of nitrogens with one attached hydrogen (secondary N) is 2. The molecule has 3 aromatic rings.